The summed E-state index contributed by atoms with van der Waals surface area (Å²) in [5.41, 5.74) is 1.95. The van der Waals surface area contributed by atoms with Gasteiger partial charge in [0.2, 0.25) is 0 Å². The Hall–Kier alpha value is -1.25. The summed E-state index contributed by atoms with van der Waals surface area (Å²) in [5, 5.41) is 0. The van der Waals surface area contributed by atoms with E-state index in [4.69, 9.17) is 0 Å². The Balaban J connectivity index is 2.27. The Morgan fingerprint density at radius 2 is 2.08 bits per heavy atom. The molecule has 1 aromatic rings. The summed E-state index contributed by atoms with van der Waals surface area (Å²) >= 11 is 0. The molecule has 2 unspecified atom stereocenters. The van der Waals surface area contributed by atoms with E-state index in [0.29, 0.717) is 18.1 Å². The third-order valence-corrected chi connectivity index (χ3v) is 2.80. The van der Waals surface area contributed by atoms with Crippen molar-refractivity contribution in [2.45, 2.75) is 26.2 Å². The van der Waals surface area contributed by atoms with Crippen molar-refractivity contribution in [1.29, 1.82) is 0 Å². The number of carbonyl (C=O) groups is 1. The van der Waals surface area contributed by atoms with Crippen molar-refractivity contribution in [3.05, 3.63) is 23.8 Å². The van der Waals surface area contributed by atoms with Crippen LogP contribution in [-0.4, -0.2) is 15.8 Å². The molecule has 0 spiro atoms. The van der Waals surface area contributed by atoms with E-state index in [2.05, 4.69) is 9.97 Å². The molecule has 1 aliphatic rings. The SMILES string of the molecule is Cc1nccnc1C1CC(=O)C1C. The molecule has 0 amide bonds. The number of hydrogen-bond acceptors (Lipinski definition) is 3. The van der Waals surface area contributed by atoms with Crippen LogP contribution in [0, 0.1) is 12.8 Å². The average molecular weight is 176 g/mol. The van der Waals surface area contributed by atoms with Crippen LogP contribution in [0.5, 0.6) is 0 Å². The standard InChI is InChI=1S/C10H12N2O/c1-6-8(5-9(6)13)10-7(2)11-3-4-12-10/h3-4,6,8H,5H2,1-2H3. The summed E-state index contributed by atoms with van der Waals surface area (Å²) < 4.78 is 0. The Labute approximate surface area is 77.2 Å². The number of carbonyl (C=O) groups excluding carboxylic acids is 1. The van der Waals surface area contributed by atoms with Gasteiger partial charge in [-0.15, -0.1) is 0 Å². The lowest BCUT2D eigenvalue weighted by atomic mass is 9.71. The van der Waals surface area contributed by atoms with Gasteiger partial charge in [0.25, 0.3) is 0 Å². The molecular formula is C10H12N2O. The maximum Gasteiger partial charge on any atom is 0.137 e. The second-order valence-corrected chi connectivity index (χ2v) is 3.59. The van der Waals surface area contributed by atoms with Crippen molar-refractivity contribution in [3.8, 4) is 0 Å². The first-order chi connectivity index (χ1) is 6.20. The molecule has 3 nitrogen and oxygen atoms in total. The summed E-state index contributed by atoms with van der Waals surface area (Å²) in [6.45, 7) is 3.91. The van der Waals surface area contributed by atoms with Crippen molar-refractivity contribution in [1.82, 2.24) is 9.97 Å². The average Bonchev–Trinajstić information content (AvgIpc) is 2.15. The lowest BCUT2D eigenvalue weighted by molar-refractivity contribution is -0.130. The molecule has 0 aliphatic heterocycles. The van der Waals surface area contributed by atoms with Crippen molar-refractivity contribution in [2.24, 2.45) is 5.92 Å². The van der Waals surface area contributed by atoms with Crippen molar-refractivity contribution in [2.75, 3.05) is 0 Å². The summed E-state index contributed by atoms with van der Waals surface area (Å²) in [4.78, 5) is 19.5. The molecule has 1 fully saturated rings. The fourth-order valence-corrected chi connectivity index (χ4v) is 1.76. The Morgan fingerprint density at radius 3 is 2.62 bits per heavy atom. The minimum atomic E-state index is 0.135. The molecule has 3 heteroatoms. The molecule has 1 saturated carbocycles. The number of hydrogen-bond donors (Lipinski definition) is 0. The number of ketones is 1. The first kappa shape index (κ1) is 8.35. The van der Waals surface area contributed by atoms with E-state index >= 15 is 0 Å². The molecule has 1 aliphatic carbocycles. The minimum Gasteiger partial charge on any atom is -0.299 e. The van der Waals surface area contributed by atoms with Crippen molar-refractivity contribution in [3.63, 3.8) is 0 Å². The van der Waals surface area contributed by atoms with Gasteiger partial charge in [-0.3, -0.25) is 14.8 Å². The van der Waals surface area contributed by atoms with Crippen LogP contribution in [0.15, 0.2) is 12.4 Å². The molecule has 0 aromatic carbocycles. The second kappa shape index (κ2) is 2.91. The third-order valence-electron chi connectivity index (χ3n) is 2.80. The van der Waals surface area contributed by atoms with Crippen LogP contribution in [0.4, 0.5) is 0 Å². The largest absolute Gasteiger partial charge is 0.299 e. The van der Waals surface area contributed by atoms with E-state index in [-0.39, 0.29) is 5.92 Å². The molecule has 13 heavy (non-hydrogen) atoms. The summed E-state index contributed by atoms with van der Waals surface area (Å²) in [7, 11) is 0. The highest BCUT2D eigenvalue weighted by Gasteiger charge is 2.38. The van der Waals surface area contributed by atoms with Gasteiger partial charge in [-0.05, 0) is 6.92 Å². The second-order valence-electron chi connectivity index (χ2n) is 3.59. The highest BCUT2D eigenvalue weighted by atomic mass is 16.1. The normalized spacial score (nSPS) is 27.1. The highest BCUT2D eigenvalue weighted by Crippen LogP contribution is 2.38. The van der Waals surface area contributed by atoms with Crippen LogP contribution in [0.2, 0.25) is 0 Å². The molecule has 1 aromatic heterocycles. The number of Topliss-reactive ketones (excluding diaryl/α,β-unsaturated/α-hetero) is 1. The molecule has 0 saturated heterocycles. The maximum absolute atomic E-state index is 11.1. The van der Waals surface area contributed by atoms with Gasteiger partial charge in [0.1, 0.15) is 5.78 Å². The summed E-state index contributed by atoms with van der Waals surface area (Å²) in [6, 6.07) is 0. The van der Waals surface area contributed by atoms with E-state index < -0.39 is 0 Å². The third kappa shape index (κ3) is 1.24. The Morgan fingerprint density at radius 1 is 1.38 bits per heavy atom. The van der Waals surface area contributed by atoms with Crippen LogP contribution in [0.1, 0.15) is 30.7 Å². The zero-order valence-electron chi connectivity index (χ0n) is 7.82. The zero-order valence-corrected chi connectivity index (χ0v) is 7.82. The van der Waals surface area contributed by atoms with Crippen LogP contribution in [-0.2, 0) is 4.79 Å². The molecule has 0 N–H and O–H groups in total. The smallest absolute Gasteiger partial charge is 0.137 e. The molecule has 68 valence electrons. The van der Waals surface area contributed by atoms with Gasteiger partial charge < -0.3 is 0 Å². The van der Waals surface area contributed by atoms with Gasteiger partial charge in [-0.2, -0.15) is 0 Å². The van der Waals surface area contributed by atoms with Gasteiger partial charge in [-0.25, -0.2) is 0 Å². The highest BCUT2D eigenvalue weighted by molar-refractivity contribution is 5.88. The fourth-order valence-electron chi connectivity index (χ4n) is 1.76. The van der Waals surface area contributed by atoms with Crippen molar-refractivity contribution >= 4 is 5.78 Å². The van der Waals surface area contributed by atoms with Crippen LogP contribution >= 0.6 is 0 Å². The predicted octanol–water partition coefficient (Wildman–Crippen LogP) is 1.48. The quantitative estimate of drug-likeness (QED) is 0.650. The predicted molar refractivity (Wildman–Crippen MR) is 48.3 cm³/mol. The minimum absolute atomic E-state index is 0.135. The monoisotopic (exact) mass is 176 g/mol. The van der Waals surface area contributed by atoms with E-state index in [0.717, 1.165) is 11.4 Å². The number of rotatable bonds is 1. The number of aryl methyl sites for hydroxylation is 1. The Kier molecular flexibility index (Phi) is 1.87. The molecule has 0 radical (unpaired) electrons. The van der Waals surface area contributed by atoms with E-state index in [1.54, 1.807) is 12.4 Å². The van der Waals surface area contributed by atoms with Crippen LogP contribution < -0.4 is 0 Å². The number of aromatic nitrogens is 2. The van der Waals surface area contributed by atoms with Gasteiger partial charge in [-0.1, -0.05) is 6.92 Å². The molecule has 2 rings (SSSR count). The zero-order chi connectivity index (χ0) is 9.42. The van der Waals surface area contributed by atoms with E-state index in [1.165, 1.54) is 0 Å². The summed E-state index contributed by atoms with van der Waals surface area (Å²) in [5.74, 6) is 0.784. The first-order valence-electron chi connectivity index (χ1n) is 4.50. The van der Waals surface area contributed by atoms with E-state index in [1.807, 2.05) is 13.8 Å². The van der Waals surface area contributed by atoms with E-state index in [9.17, 15) is 4.79 Å². The van der Waals surface area contributed by atoms with Crippen LogP contribution in [0.3, 0.4) is 0 Å². The van der Waals surface area contributed by atoms with Gasteiger partial charge in [0.05, 0.1) is 11.4 Å². The number of nitrogens with zero attached hydrogens (tertiary/aromatic N) is 2. The fraction of sp³-hybridized carbons (Fsp3) is 0.500. The van der Waals surface area contributed by atoms with Gasteiger partial charge in [0.15, 0.2) is 0 Å². The maximum atomic E-state index is 11.1. The lowest BCUT2D eigenvalue weighted by Crippen LogP contribution is -2.33. The lowest BCUT2D eigenvalue weighted by Gasteiger charge is -2.31. The van der Waals surface area contributed by atoms with Crippen molar-refractivity contribution < 1.29 is 4.79 Å². The molecule has 2 atom stereocenters. The van der Waals surface area contributed by atoms with Gasteiger partial charge in [0, 0.05) is 30.7 Å². The molecule has 0 bridgehead atoms. The topological polar surface area (TPSA) is 42.9 Å². The Bertz CT molecular complexity index is 349. The first-order valence-corrected chi connectivity index (χ1v) is 4.50. The van der Waals surface area contributed by atoms with Crippen LogP contribution in [0.25, 0.3) is 0 Å². The summed E-state index contributed by atoms with van der Waals surface area (Å²) in [6.07, 6.45) is 4.02. The molecular weight excluding hydrogens is 164 g/mol. The molecule has 1 heterocycles. The van der Waals surface area contributed by atoms with Gasteiger partial charge >= 0.3 is 0 Å².